The van der Waals surface area contributed by atoms with Crippen molar-refractivity contribution in [1.29, 1.82) is 0 Å². The smallest absolute Gasteiger partial charge is 0.188 e. The topological polar surface area (TPSA) is 62.9 Å². The Morgan fingerprint density at radius 2 is 2.00 bits per heavy atom. The van der Waals surface area contributed by atoms with Crippen LogP contribution in [0.2, 0.25) is 5.02 Å². The summed E-state index contributed by atoms with van der Waals surface area (Å²) in [5.41, 5.74) is 7.11. The van der Waals surface area contributed by atoms with Crippen molar-refractivity contribution in [3.8, 4) is 0 Å². The molecule has 0 aromatic heterocycles. The summed E-state index contributed by atoms with van der Waals surface area (Å²) in [6, 6.07) is 8.09. The zero-order valence-corrected chi connectivity index (χ0v) is 18.2. The average Bonchev–Trinajstić information content (AvgIpc) is 2.57. The van der Waals surface area contributed by atoms with Crippen LogP contribution in [0.3, 0.4) is 0 Å². The van der Waals surface area contributed by atoms with Gasteiger partial charge in [-0.2, -0.15) is 0 Å². The van der Waals surface area contributed by atoms with Gasteiger partial charge in [-0.05, 0) is 24.0 Å². The maximum Gasteiger partial charge on any atom is 0.188 e. The molecule has 142 valence electrons. The average molecular weight is 481 g/mol. The normalized spacial score (nSPS) is 17.2. The Kier molecular flexibility index (Phi) is 10.7. The number of halogens is 2. The van der Waals surface area contributed by atoms with Crippen molar-refractivity contribution in [2.45, 2.75) is 26.3 Å². The Morgan fingerprint density at radius 3 is 2.64 bits per heavy atom. The molecular formula is C18H30ClIN4O. The van der Waals surface area contributed by atoms with Gasteiger partial charge in [0.15, 0.2) is 5.96 Å². The predicted octanol–water partition coefficient (Wildman–Crippen LogP) is 3.28. The van der Waals surface area contributed by atoms with Gasteiger partial charge in [-0.3, -0.25) is 9.89 Å². The number of morpholine rings is 1. The minimum atomic E-state index is 0. The third kappa shape index (κ3) is 7.68. The lowest BCUT2D eigenvalue weighted by atomic mass is 10.0. The number of guanidine groups is 1. The monoisotopic (exact) mass is 480 g/mol. The van der Waals surface area contributed by atoms with Crippen molar-refractivity contribution in [3.63, 3.8) is 0 Å². The fourth-order valence-corrected chi connectivity index (χ4v) is 3.04. The second kappa shape index (κ2) is 11.9. The molecule has 2 rings (SSSR count). The maximum absolute atomic E-state index is 6.42. The van der Waals surface area contributed by atoms with Gasteiger partial charge in [0.25, 0.3) is 0 Å². The van der Waals surface area contributed by atoms with Crippen LogP contribution in [0.4, 0.5) is 0 Å². The number of benzene rings is 1. The van der Waals surface area contributed by atoms with Crippen LogP contribution in [0.5, 0.6) is 0 Å². The molecule has 5 nitrogen and oxygen atoms in total. The molecule has 1 atom stereocenters. The Bertz CT molecular complexity index is 536. The van der Waals surface area contributed by atoms with Crippen LogP contribution in [-0.2, 0) is 4.74 Å². The molecule has 25 heavy (non-hydrogen) atoms. The molecule has 1 aromatic carbocycles. The standard InChI is InChI=1S/C18H29ClN4O.HI/c1-14(2)7-8-21-18(20)22-13-17(23-9-11-24-12-10-23)15-5-3-4-6-16(15)19;/h3-6,14,17H,7-13H2,1-2H3,(H3,20,21,22);1H. The second-order valence-corrected chi connectivity index (χ2v) is 6.93. The van der Waals surface area contributed by atoms with E-state index in [-0.39, 0.29) is 30.0 Å². The first-order valence-corrected chi connectivity index (χ1v) is 9.05. The van der Waals surface area contributed by atoms with Gasteiger partial charge < -0.3 is 15.8 Å². The molecule has 0 amide bonds. The summed E-state index contributed by atoms with van der Waals surface area (Å²) in [4.78, 5) is 6.93. The Balaban J connectivity index is 0.00000312. The zero-order valence-electron chi connectivity index (χ0n) is 15.1. The van der Waals surface area contributed by atoms with Gasteiger partial charge in [0.1, 0.15) is 0 Å². The number of rotatable bonds is 7. The summed E-state index contributed by atoms with van der Waals surface area (Å²) in [6.07, 6.45) is 1.08. The van der Waals surface area contributed by atoms with E-state index in [0.717, 1.165) is 49.9 Å². The fraction of sp³-hybridized carbons (Fsp3) is 0.611. The highest BCUT2D eigenvalue weighted by Crippen LogP contribution is 2.28. The van der Waals surface area contributed by atoms with Crippen LogP contribution in [0, 0.1) is 5.92 Å². The van der Waals surface area contributed by atoms with Crippen molar-refractivity contribution in [1.82, 2.24) is 10.2 Å². The number of ether oxygens (including phenoxy) is 1. The van der Waals surface area contributed by atoms with Crippen molar-refractivity contribution >= 4 is 41.5 Å². The molecule has 1 fully saturated rings. The van der Waals surface area contributed by atoms with Crippen LogP contribution in [0.1, 0.15) is 31.9 Å². The molecule has 1 aromatic rings. The molecule has 0 saturated carbocycles. The van der Waals surface area contributed by atoms with Crippen LogP contribution in [0.15, 0.2) is 29.3 Å². The molecule has 1 saturated heterocycles. The van der Waals surface area contributed by atoms with E-state index in [1.807, 2.05) is 18.2 Å². The molecule has 1 aliphatic rings. The van der Waals surface area contributed by atoms with E-state index in [4.69, 9.17) is 22.1 Å². The van der Waals surface area contributed by atoms with E-state index in [1.165, 1.54) is 0 Å². The van der Waals surface area contributed by atoms with E-state index < -0.39 is 0 Å². The summed E-state index contributed by atoms with van der Waals surface area (Å²) in [5, 5.41) is 3.96. The van der Waals surface area contributed by atoms with Gasteiger partial charge in [0.2, 0.25) is 0 Å². The van der Waals surface area contributed by atoms with Crippen LogP contribution >= 0.6 is 35.6 Å². The summed E-state index contributed by atoms with van der Waals surface area (Å²) in [7, 11) is 0. The first-order valence-electron chi connectivity index (χ1n) is 8.68. The van der Waals surface area contributed by atoms with E-state index in [0.29, 0.717) is 18.4 Å². The predicted molar refractivity (Wildman–Crippen MR) is 116 cm³/mol. The largest absolute Gasteiger partial charge is 0.379 e. The Morgan fingerprint density at radius 1 is 1.32 bits per heavy atom. The summed E-state index contributed by atoms with van der Waals surface area (Å²) in [5.74, 6) is 1.15. The van der Waals surface area contributed by atoms with Crippen molar-refractivity contribution in [3.05, 3.63) is 34.9 Å². The molecule has 1 heterocycles. The first-order chi connectivity index (χ1) is 11.6. The van der Waals surface area contributed by atoms with Crippen molar-refractivity contribution in [2.24, 2.45) is 16.6 Å². The van der Waals surface area contributed by atoms with E-state index in [2.05, 4.69) is 35.1 Å². The van der Waals surface area contributed by atoms with Crippen molar-refractivity contribution < 1.29 is 4.74 Å². The van der Waals surface area contributed by atoms with Gasteiger partial charge in [-0.25, -0.2) is 0 Å². The van der Waals surface area contributed by atoms with E-state index in [1.54, 1.807) is 0 Å². The van der Waals surface area contributed by atoms with Crippen LogP contribution in [0.25, 0.3) is 0 Å². The summed E-state index contributed by atoms with van der Waals surface area (Å²) >= 11 is 6.42. The number of nitrogens with two attached hydrogens (primary N) is 1. The SMILES string of the molecule is CC(C)CCNC(N)=NCC(c1ccccc1Cl)N1CCOCC1.I. The number of hydrogen-bond acceptors (Lipinski definition) is 3. The fourth-order valence-electron chi connectivity index (χ4n) is 2.77. The molecule has 0 radical (unpaired) electrons. The molecule has 0 aliphatic carbocycles. The van der Waals surface area contributed by atoms with Gasteiger partial charge in [-0.15, -0.1) is 24.0 Å². The molecule has 1 unspecified atom stereocenters. The lowest BCUT2D eigenvalue weighted by Gasteiger charge is -2.34. The number of nitrogens with zero attached hydrogens (tertiary/aromatic N) is 2. The zero-order chi connectivity index (χ0) is 17.4. The second-order valence-electron chi connectivity index (χ2n) is 6.52. The van der Waals surface area contributed by atoms with Crippen LogP contribution < -0.4 is 11.1 Å². The molecule has 3 N–H and O–H groups in total. The van der Waals surface area contributed by atoms with Gasteiger partial charge >= 0.3 is 0 Å². The maximum atomic E-state index is 6.42. The van der Waals surface area contributed by atoms with Gasteiger partial charge in [0.05, 0.1) is 25.8 Å². The Labute approximate surface area is 173 Å². The molecular weight excluding hydrogens is 451 g/mol. The van der Waals surface area contributed by atoms with Gasteiger partial charge in [-0.1, -0.05) is 43.6 Å². The lowest BCUT2D eigenvalue weighted by molar-refractivity contribution is 0.0180. The third-order valence-electron chi connectivity index (χ3n) is 4.21. The summed E-state index contributed by atoms with van der Waals surface area (Å²) < 4.78 is 5.47. The van der Waals surface area contributed by atoms with E-state index >= 15 is 0 Å². The third-order valence-corrected chi connectivity index (χ3v) is 4.56. The van der Waals surface area contributed by atoms with Crippen molar-refractivity contribution in [2.75, 3.05) is 39.4 Å². The molecule has 7 heteroatoms. The van der Waals surface area contributed by atoms with Crippen LogP contribution in [-0.4, -0.2) is 50.3 Å². The minimum Gasteiger partial charge on any atom is -0.379 e. The first kappa shape index (κ1) is 22.5. The van der Waals surface area contributed by atoms with Gasteiger partial charge in [0, 0.05) is 24.7 Å². The number of aliphatic imine (C=N–C) groups is 1. The number of hydrogen-bond donors (Lipinski definition) is 2. The Hall–Kier alpha value is -0.570. The lowest BCUT2D eigenvalue weighted by Crippen LogP contribution is -2.41. The molecule has 0 bridgehead atoms. The number of nitrogens with one attached hydrogen (secondary N) is 1. The minimum absolute atomic E-state index is 0. The molecule has 1 aliphatic heterocycles. The summed E-state index contributed by atoms with van der Waals surface area (Å²) in [6.45, 7) is 9.07. The van der Waals surface area contributed by atoms with E-state index in [9.17, 15) is 0 Å². The quantitative estimate of drug-likeness (QED) is 0.357. The highest BCUT2D eigenvalue weighted by molar-refractivity contribution is 14.0. The highest BCUT2D eigenvalue weighted by atomic mass is 127. The molecule has 0 spiro atoms. The highest BCUT2D eigenvalue weighted by Gasteiger charge is 2.24.